The number of hydrogen-bond donors (Lipinski definition) is 3. The van der Waals surface area contributed by atoms with Crippen molar-refractivity contribution >= 4 is 11.6 Å². The van der Waals surface area contributed by atoms with Gasteiger partial charge in [0.25, 0.3) is 0 Å². The number of rotatable bonds is 6. The molecule has 0 bridgehead atoms. The Bertz CT molecular complexity index is 408. The van der Waals surface area contributed by atoms with Crippen LogP contribution in [0.4, 0.5) is 5.69 Å². The highest BCUT2D eigenvalue weighted by molar-refractivity contribution is 5.92. The predicted octanol–water partition coefficient (Wildman–Crippen LogP) is 0.813. The van der Waals surface area contributed by atoms with Crippen molar-refractivity contribution < 1.29 is 14.6 Å². The van der Waals surface area contributed by atoms with Crippen LogP contribution in [0.25, 0.3) is 0 Å². The third-order valence-electron chi connectivity index (χ3n) is 2.25. The van der Waals surface area contributed by atoms with Crippen molar-refractivity contribution in [2.45, 2.75) is 6.42 Å². The van der Waals surface area contributed by atoms with Gasteiger partial charge in [-0.1, -0.05) is 0 Å². The van der Waals surface area contributed by atoms with Gasteiger partial charge in [-0.15, -0.1) is 0 Å². The number of guanidine groups is 1. The van der Waals surface area contributed by atoms with Crippen molar-refractivity contribution in [3.05, 3.63) is 18.2 Å². The quantitative estimate of drug-likeness (QED) is 0.396. The Morgan fingerprint density at radius 3 is 2.67 bits per heavy atom. The molecule has 1 aromatic carbocycles. The normalized spacial score (nSPS) is 11.2. The predicted molar refractivity (Wildman–Crippen MR) is 71.4 cm³/mol. The molecule has 100 valence electrons. The highest BCUT2D eigenvalue weighted by atomic mass is 16.5. The number of aliphatic imine (C=N–C) groups is 1. The molecule has 6 heteroatoms. The van der Waals surface area contributed by atoms with Crippen LogP contribution in [0.2, 0.25) is 0 Å². The van der Waals surface area contributed by atoms with E-state index in [4.69, 9.17) is 20.3 Å². The lowest BCUT2D eigenvalue weighted by Crippen LogP contribution is -2.23. The molecule has 0 unspecified atom stereocenters. The number of benzene rings is 1. The summed E-state index contributed by atoms with van der Waals surface area (Å²) in [6, 6.07) is 5.37. The molecule has 0 aliphatic carbocycles. The first-order valence-corrected chi connectivity index (χ1v) is 5.61. The van der Waals surface area contributed by atoms with Crippen LogP contribution in [-0.4, -0.2) is 38.4 Å². The Hall–Kier alpha value is -1.95. The van der Waals surface area contributed by atoms with Crippen LogP contribution in [0.1, 0.15) is 6.42 Å². The molecule has 0 amide bonds. The molecule has 0 radical (unpaired) electrons. The molecule has 6 nitrogen and oxygen atoms in total. The molecule has 0 fully saturated rings. The summed E-state index contributed by atoms with van der Waals surface area (Å²) in [5.74, 6) is 1.57. The van der Waals surface area contributed by atoms with Gasteiger partial charge < -0.3 is 25.6 Å². The maximum atomic E-state index is 8.63. The van der Waals surface area contributed by atoms with Gasteiger partial charge in [0.15, 0.2) is 17.5 Å². The number of nitrogens with two attached hydrogens (primary N) is 1. The molecule has 0 spiro atoms. The van der Waals surface area contributed by atoms with E-state index in [0.29, 0.717) is 30.4 Å². The zero-order valence-electron chi connectivity index (χ0n) is 10.6. The van der Waals surface area contributed by atoms with E-state index < -0.39 is 0 Å². The monoisotopic (exact) mass is 253 g/mol. The average molecular weight is 253 g/mol. The number of nitrogens with one attached hydrogen (secondary N) is 1. The summed E-state index contributed by atoms with van der Waals surface area (Å²) in [5, 5.41) is 11.6. The van der Waals surface area contributed by atoms with E-state index in [1.165, 1.54) is 0 Å². The van der Waals surface area contributed by atoms with Crippen LogP contribution < -0.4 is 20.5 Å². The first-order chi connectivity index (χ1) is 8.71. The summed E-state index contributed by atoms with van der Waals surface area (Å²) >= 11 is 0. The van der Waals surface area contributed by atoms with Gasteiger partial charge in [0.2, 0.25) is 0 Å². The van der Waals surface area contributed by atoms with E-state index >= 15 is 0 Å². The Morgan fingerprint density at radius 1 is 1.33 bits per heavy atom. The number of anilines is 1. The van der Waals surface area contributed by atoms with Gasteiger partial charge >= 0.3 is 0 Å². The minimum atomic E-state index is 0.104. The van der Waals surface area contributed by atoms with Gasteiger partial charge in [0.1, 0.15) is 0 Å². The molecule has 0 atom stereocenters. The van der Waals surface area contributed by atoms with Gasteiger partial charge in [-0.3, -0.25) is 4.99 Å². The van der Waals surface area contributed by atoms with Crippen LogP contribution in [0.5, 0.6) is 11.5 Å². The molecule has 1 aromatic rings. The van der Waals surface area contributed by atoms with Crippen LogP contribution in [-0.2, 0) is 0 Å². The van der Waals surface area contributed by atoms with Gasteiger partial charge in [0.05, 0.1) is 14.2 Å². The van der Waals surface area contributed by atoms with Gasteiger partial charge in [0, 0.05) is 24.9 Å². The largest absolute Gasteiger partial charge is 0.493 e. The lowest BCUT2D eigenvalue weighted by Gasteiger charge is -2.10. The first kappa shape index (κ1) is 14.1. The lowest BCUT2D eigenvalue weighted by molar-refractivity contribution is 0.291. The second-order valence-electron chi connectivity index (χ2n) is 3.54. The fourth-order valence-electron chi connectivity index (χ4n) is 1.37. The molecule has 18 heavy (non-hydrogen) atoms. The molecule has 1 rings (SSSR count). The highest BCUT2D eigenvalue weighted by Gasteiger charge is 2.04. The van der Waals surface area contributed by atoms with E-state index in [-0.39, 0.29) is 6.61 Å². The number of methoxy groups -OCH3 is 2. The smallest absolute Gasteiger partial charge is 0.193 e. The van der Waals surface area contributed by atoms with E-state index in [2.05, 4.69) is 10.3 Å². The molecular formula is C12H19N3O3. The molecule has 0 aliphatic heterocycles. The molecule has 0 aliphatic rings. The van der Waals surface area contributed by atoms with Crippen LogP contribution in [0, 0.1) is 0 Å². The fraction of sp³-hybridized carbons (Fsp3) is 0.417. The summed E-state index contributed by atoms with van der Waals surface area (Å²) < 4.78 is 10.3. The first-order valence-electron chi connectivity index (χ1n) is 5.61. The number of ether oxygens (including phenoxy) is 2. The molecular weight excluding hydrogens is 234 g/mol. The van der Waals surface area contributed by atoms with Crippen LogP contribution in [0.3, 0.4) is 0 Å². The highest BCUT2D eigenvalue weighted by Crippen LogP contribution is 2.29. The summed E-state index contributed by atoms with van der Waals surface area (Å²) in [7, 11) is 3.15. The maximum Gasteiger partial charge on any atom is 0.193 e. The molecule has 0 saturated carbocycles. The van der Waals surface area contributed by atoms with E-state index in [1.807, 2.05) is 6.07 Å². The van der Waals surface area contributed by atoms with Crippen molar-refractivity contribution in [3.8, 4) is 11.5 Å². The van der Waals surface area contributed by atoms with Crippen molar-refractivity contribution in [2.24, 2.45) is 10.7 Å². The third kappa shape index (κ3) is 4.14. The molecule has 0 aromatic heterocycles. The topological polar surface area (TPSA) is 89.1 Å². The molecule has 0 heterocycles. The average Bonchev–Trinajstić information content (AvgIpc) is 2.39. The number of aliphatic hydroxyl groups excluding tert-OH is 1. The Labute approximate surface area is 106 Å². The van der Waals surface area contributed by atoms with Crippen molar-refractivity contribution in [3.63, 3.8) is 0 Å². The summed E-state index contributed by atoms with van der Waals surface area (Å²) in [6.45, 7) is 0.593. The Kier molecular flexibility index (Phi) is 5.79. The zero-order valence-corrected chi connectivity index (χ0v) is 10.6. The van der Waals surface area contributed by atoms with E-state index in [1.54, 1.807) is 26.4 Å². The van der Waals surface area contributed by atoms with E-state index in [0.717, 1.165) is 5.69 Å². The lowest BCUT2D eigenvalue weighted by atomic mass is 10.3. The second-order valence-corrected chi connectivity index (χ2v) is 3.54. The summed E-state index contributed by atoms with van der Waals surface area (Å²) in [4.78, 5) is 4.06. The van der Waals surface area contributed by atoms with Gasteiger partial charge in [-0.05, 0) is 18.6 Å². The Balaban J connectivity index is 2.70. The van der Waals surface area contributed by atoms with Crippen LogP contribution in [0.15, 0.2) is 23.2 Å². The number of hydrogen-bond acceptors (Lipinski definition) is 4. The van der Waals surface area contributed by atoms with Gasteiger partial charge in [-0.2, -0.15) is 0 Å². The summed E-state index contributed by atoms with van der Waals surface area (Å²) in [6.07, 6.45) is 0.592. The standard InChI is InChI=1S/C12H19N3O3/c1-17-10-5-4-9(8-11(10)18-2)15-12(13)14-6-3-7-16/h4-5,8,16H,3,6-7H2,1-2H3,(H3,13,14,15). The van der Waals surface area contributed by atoms with Crippen molar-refractivity contribution in [2.75, 3.05) is 32.7 Å². The molecule has 4 N–H and O–H groups in total. The minimum Gasteiger partial charge on any atom is -0.493 e. The van der Waals surface area contributed by atoms with Crippen molar-refractivity contribution in [1.29, 1.82) is 0 Å². The fourth-order valence-corrected chi connectivity index (χ4v) is 1.37. The van der Waals surface area contributed by atoms with Gasteiger partial charge in [-0.25, -0.2) is 0 Å². The van der Waals surface area contributed by atoms with Crippen molar-refractivity contribution in [1.82, 2.24) is 0 Å². The van der Waals surface area contributed by atoms with E-state index in [9.17, 15) is 0 Å². The second kappa shape index (κ2) is 7.39. The number of aliphatic hydroxyl groups is 1. The molecule has 0 saturated heterocycles. The van der Waals surface area contributed by atoms with Crippen LogP contribution >= 0.6 is 0 Å². The third-order valence-corrected chi connectivity index (χ3v) is 2.25. The zero-order chi connectivity index (χ0) is 13.4. The minimum absolute atomic E-state index is 0.104. The Morgan fingerprint density at radius 2 is 2.06 bits per heavy atom. The maximum absolute atomic E-state index is 8.63. The SMILES string of the molecule is COc1ccc(NC(N)=NCCCO)cc1OC. The summed E-state index contributed by atoms with van der Waals surface area (Å²) in [5.41, 5.74) is 6.46. The number of nitrogens with zero attached hydrogens (tertiary/aromatic N) is 1.